The van der Waals surface area contributed by atoms with Crippen molar-refractivity contribution < 1.29 is 0 Å². The molecule has 3 heteroatoms. The van der Waals surface area contributed by atoms with E-state index in [1.54, 1.807) is 0 Å². The molecule has 0 radical (unpaired) electrons. The van der Waals surface area contributed by atoms with Gasteiger partial charge in [-0.1, -0.05) is 0 Å². The number of rotatable bonds is 6. The van der Waals surface area contributed by atoms with Crippen LogP contribution in [0.4, 0.5) is 0 Å². The van der Waals surface area contributed by atoms with Crippen molar-refractivity contribution in [3.05, 3.63) is 21.4 Å². The second-order valence-electron chi connectivity index (χ2n) is 5.23. The molecule has 0 bridgehead atoms. The Bertz CT molecular complexity index is 379. The van der Waals surface area contributed by atoms with Crippen LogP contribution in [-0.2, 0) is 6.54 Å². The maximum Gasteiger partial charge on any atom is 0.0683 e. The third kappa shape index (κ3) is 4.89. The third-order valence-corrected chi connectivity index (χ3v) is 4.13. The highest BCUT2D eigenvalue weighted by molar-refractivity contribution is 7.12. The van der Waals surface area contributed by atoms with E-state index < -0.39 is 0 Å². The Morgan fingerprint density at radius 3 is 2.65 bits per heavy atom. The van der Waals surface area contributed by atoms with Crippen LogP contribution in [0.25, 0.3) is 0 Å². The minimum absolute atomic E-state index is 0.183. The highest BCUT2D eigenvalue weighted by Gasteiger charge is 2.15. The van der Waals surface area contributed by atoms with Crippen molar-refractivity contribution in [2.45, 2.75) is 47.1 Å². The van der Waals surface area contributed by atoms with Crippen molar-refractivity contribution in [2.75, 3.05) is 6.54 Å². The number of hydrogen-bond donors (Lipinski definition) is 1. The number of nitriles is 1. The molecule has 0 aromatic carbocycles. The van der Waals surface area contributed by atoms with Crippen molar-refractivity contribution in [2.24, 2.45) is 5.41 Å². The first-order valence-corrected chi connectivity index (χ1v) is 6.94. The van der Waals surface area contributed by atoms with E-state index in [9.17, 15) is 0 Å². The summed E-state index contributed by atoms with van der Waals surface area (Å²) >= 11 is 1.87. The molecule has 1 N–H and O–H groups in total. The maximum atomic E-state index is 8.89. The van der Waals surface area contributed by atoms with Gasteiger partial charge in [0.15, 0.2) is 0 Å². The van der Waals surface area contributed by atoms with Gasteiger partial charge < -0.3 is 5.32 Å². The summed E-state index contributed by atoms with van der Waals surface area (Å²) in [7, 11) is 0. The molecule has 94 valence electrons. The molecule has 0 aliphatic carbocycles. The van der Waals surface area contributed by atoms with Crippen molar-refractivity contribution in [1.82, 2.24) is 5.32 Å². The molecule has 17 heavy (non-hydrogen) atoms. The van der Waals surface area contributed by atoms with Crippen LogP contribution in [0, 0.1) is 30.6 Å². The summed E-state index contributed by atoms with van der Waals surface area (Å²) in [5.74, 6) is 0. The fourth-order valence-electron chi connectivity index (χ4n) is 1.66. The molecule has 0 fully saturated rings. The molecule has 1 aromatic heterocycles. The summed E-state index contributed by atoms with van der Waals surface area (Å²) < 4.78 is 0. The van der Waals surface area contributed by atoms with Gasteiger partial charge in [-0.15, -0.1) is 11.3 Å². The lowest BCUT2D eigenvalue weighted by Gasteiger charge is -2.14. The van der Waals surface area contributed by atoms with Crippen LogP contribution < -0.4 is 5.32 Å². The zero-order valence-electron chi connectivity index (χ0n) is 11.3. The summed E-state index contributed by atoms with van der Waals surface area (Å²) in [5.41, 5.74) is 1.20. The van der Waals surface area contributed by atoms with Crippen LogP contribution in [0.15, 0.2) is 6.07 Å². The summed E-state index contributed by atoms with van der Waals surface area (Å²) in [6.07, 6.45) is 2.02. The highest BCUT2D eigenvalue weighted by atomic mass is 32.1. The fraction of sp³-hybridized carbons (Fsp3) is 0.643. The molecule has 0 aliphatic rings. The molecule has 0 aliphatic heterocycles. The quantitative estimate of drug-likeness (QED) is 0.780. The average Bonchev–Trinajstić information content (AvgIpc) is 2.58. The molecule has 1 heterocycles. The van der Waals surface area contributed by atoms with Crippen molar-refractivity contribution >= 4 is 11.3 Å². The minimum atomic E-state index is -0.183. The standard InChI is InChI=1S/C14H22N2S/c1-11-8-13(17-12(11)2)9-16-7-5-6-14(3,4)10-15/h8,16H,5-7,9H2,1-4H3. The van der Waals surface area contributed by atoms with Gasteiger partial charge in [-0.2, -0.15) is 5.26 Å². The molecule has 1 rings (SSSR count). The Hall–Kier alpha value is -0.850. The number of thiophene rings is 1. The lowest BCUT2D eigenvalue weighted by Crippen LogP contribution is -2.17. The molecular weight excluding hydrogens is 228 g/mol. The molecule has 0 saturated carbocycles. The zero-order valence-corrected chi connectivity index (χ0v) is 12.1. The molecule has 0 spiro atoms. The molecule has 1 aromatic rings. The van der Waals surface area contributed by atoms with Gasteiger partial charge in [0.25, 0.3) is 0 Å². The smallest absolute Gasteiger partial charge is 0.0683 e. The van der Waals surface area contributed by atoms with Crippen LogP contribution in [0.2, 0.25) is 0 Å². The molecule has 0 unspecified atom stereocenters. The molecule has 0 amide bonds. The van der Waals surface area contributed by atoms with Crippen LogP contribution in [0.1, 0.15) is 42.0 Å². The zero-order chi connectivity index (χ0) is 12.9. The second kappa shape index (κ2) is 6.18. The number of nitrogens with zero attached hydrogens (tertiary/aromatic N) is 1. The summed E-state index contributed by atoms with van der Waals surface area (Å²) in [4.78, 5) is 2.81. The Labute approximate surface area is 109 Å². The first-order chi connectivity index (χ1) is 7.94. The topological polar surface area (TPSA) is 35.8 Å². The van der Waals surface area contributed by atoms with Gasteiger partial charge in [0.2, 0.25) is 0 Å². The van der Waals surface area contributed by atoms with E-state index in [1.807, 2.05) is 25.2 Å². The monoisotopic (exact) mass is 250 g/mol. The molecule has 0 saturated heterocycles. The van der Waals surface area contributed by atoms with Gasteiger partial charge >= 0.3 is 0 Å². The Balaban J connectivity index is 2.19. The SMILES string of the molecule is Cc1cc(CNCCCC(C)(C)C#N)sc1C. The van der Waals surface area contributed by atoms with Gasteiger partial charge in [-0.05, 0) is 58.7 Å². The molecule has 0 atom stereocenters. The third-order valence-electron chi connectivity index (χ3n) is 2.97. The van der Waals surface area contributed by atoms with Gasteiger partial charge in [0.1, 0.15) is 0 Å². The van der Waals surface area contributed by atoms with Crippen LogP contribution >= 0.6 is 11.3 Å². The number of nitrogens with one attached hydrogen (secondary N) is 1. The van der Waals surface area contributed by atoms with Crippen molar-refractivity contribution in [3.63, 3.8) is 0 Å². The first-order valence-electron chi connectivity index (χ1n) is 6.12. The predicted octanol–water partition coefficient (Wildman–Crippen LogP) is 3.78. The van der Waals surface area contributed by atoms with E-state index in [-0.39, 0.29) is 5.41 Å². The van der Waals surface area contributed by atoms with Gasteiger partial charge in [-0.25, -0.2) is 0 Å². The highest BCUT2D eigenvalue weighted by Crippen LogP contribution is 2.21. The Morgan fingerprint density at radius 1 is 1.41 bits per heavy atom. The van der Waals surface area contributed by atoms with E-state index in [0.717, 1.165) is 25.9 Å². The summed E-state index contributed by atoms with van der Waals surface area (Å²) in [6.45, 7) is 10.3. The first kappa shape index (κ1) is 14.2. The molecular formula is C14H22N2S. The lowest BCUT2D eigenvalue weighted by atomic mass is 9.90. The number of hydrogen-bond acceptors (Lipinski definition) is 3. The second-order valence-corrected chi connectivity index (χ2v) is 6.57. The average molecular weight is 250 g/mol. The normalized spacial score (nSPS) is 11.5. The van der Waals surface area contributed by atoms with E-state index in [4.69, 9.17) is 5.26 Å². The predicted molar refractivity (Wildman–Crippen MR) is 74.1 cm³/mol. The van der Waals surface area contributed by atoms with E-state index in [0.29, 0.717) is 0 Å². The van der Waals surface area contributed by atoms with Gasteiger partial charge in [-0.3, -0.25) is 0 Å². The van der Waals surface area contributed by atoms with Gasteiger partial charge in [0, 0.05) is 16.3 Å². The Morgan fingerprint density at radius 2 is 2.12 bits per heavy atom. The fourth-order valence-corrected chi connectivity index (χ4v) is 2.68. The Kier molecular flexibility index (Phi) is 5.17. The van der Waals surface area contributed by atoms with Crippen LogP contribution in [0.5, 0.6) is 0 Å². The minimum Gasteiger partial charge on any atom is -0.312 e. The van der Waals surface area contributed by atoms with Crippen molar-refractivity contribution in [3.8, 4) is 6.07 Å². The van der Waals surface area contributed by atoms with Crippen LogP contribution in [-0.4, -0.2) is 6.54 Å². The lowest BCUT2D eigenvalue weighted by molar-refractivity contribution is 0.426. The summed E-state index contributed by atoms with van der Waals surface area (Å²) in [6, 6.07) is 4.59. The molecule has 2 nitrogen and oxygen atoms in total. The van der Waals surface area contributed by atoms with E-state index >= 15 is 0 Å². The van der Waals surface area contributed by atoms with Gasteiger partial charge in [0.05, 0.1) is 11.5 Å². The van der Waals surface area contributed by atoms with Crippen molar-refractivity contribution in [1.29, 1.82) is 5.26 Å². The van der Waals surface area contributed by atoms with E-state index in [1.165, 1.54) is 15.3 Å². The summed E-state index contributed by atoms with van der Waals surface area (Å²) in [5, 5.41) is 12.3. The number of aryl methyl sites for hydroxylation is 2. The van der Waals surface area contributed by atoms with E-state index in [2.05, 4.69) is 31.3 Å². The van der Waals surface area contributed by atoms with Crippen LogP contribution in [0.3, 0.4) is 0 Å². The largest absolute Gasteiger partial charge is 0.312 e. The maximum absolute atomic E-state index is 8.89.